The van der Waals surface area contributed by atoms with Gasteiger partial charge < -0.3 is 0 Å². The zero-order chi connectivity index (χ0) is 23.3. The van der Waals surface area contributed by atoms with E-state index in [1.54, 1.807) is 0 Å². The van der Waals surface area contributed by atoms with Crippen LogP contribution in [0.2, 0.25) is 0 Å². The van der Waals surface area contributed by atoms with E-state index >= 15 is 0 Å². The number of halogens is 3. The van der Waals surface area contributed by atoms with E-state index < -0.39 is 17.5 Å². The maximum absolute atomic E-state index is 13.6. The van der Waals surface area contributed by atoms with Gasteiger partial charge in [-0.2, -0.15) is 0 Å². The van der Waals surface area contributed by atoms with Crippen LogP contribution in [-0.4, -0.2) is 0 Å². The monoisotopic (exact) mass is 456 g/mol. The summed E-state index contributed by atoms with van der Waals surface area (Å²) in [5.74, 6) is -1.89. The summed E-state index contributed by atoms with van der Waals surface area (Å²) in [6, 6.07) is 10.1. The van der Waals surface area contributed by atoms with Gasteiger partial charge in [0, 0.05) is 0 Å². The summed E-state index contributed by atoms with van der Waals surface area (Å²) in [6.07, 6.45) is 19.0. The zero-order valence-corrected chi connectivity index (χ0v) is 20.2. The van der Waals surface area contributed by atoms with Crippen molar-refractivity contribution in [2.24, 2.45) is 17.3 Å². The fourth-order valence-electron chi connectivity index (χ4n) is 6.59. The van der Waals surface area contributed by atoms with E-state index in [1.807, 2.05) is 12.1 Å². The quantitative estimate of drug-likeness (QED) is 0.347. The second kappa shape index (κ2) is 11.1. The maximum atomic E-state index is 13.6. The Morgan fingerprint density at radius 1 is 0.818 bits per heavy atom. The van der Waals surface area contributed by atoms with Crippen LogP contribution < -0.4 is 0 Å². The second-order valence-corrected chi connectivity index (χ2v) is 10.7. The summed E-state index contributed by atoms with van der Waals surface area (Å²) < 4.78 is 40.6. The molecule has 3 heteroatoms. The molecule has 0 saturated heterocycles. The highest BCUT2D eigenvalue weighted by atomic mass is 19.2. The molecule has 2 aliphatic carbocycles. The molecule has 0 N–H and O–H groups in total. The van der Waals surface area contributed by atoms with Gasteiger partial charge in [-0.3, -0.25) is 0 Å². The largest absolute Gasteiger partial charge is 0.204 e. The van der Waals surface area contributed by atoms with E-state index in [0.717, 1.165) is 36.0 Å². The van der Waals surface area contributed by atoms with Gasteiger partial charge in [0.2, 0.25) is 0 Å². The Bertz CT molecular complexity index is 864. The van der Waals surface area contributed by atoms with E-state index in [-0.39, 0.29) is 0 Å². The lowest BCUT2D eigenvalue weighted by molar-refractivity contribution is 0.0379. The number of hydrogen-bond acceptors (Lipinski definition) is 0. The van der Waals surface area contributed by atoms with Gasteiger partial charge in [-0.1, -0.05) is 69.7 Å². The van der Waals surface area contributed by atoms with Crippen molar-refractivity contribution in [3.63, 3.8) is 0 Å². The third-order valence-corrected chi connectivity index (χ3v) is 8.72. The Morgan fingerprint density at radius 2 is 1.45 bits per heavy atom. The molecule has 0 atom stereocenters. The summed E-state index contributed by atoms with van der Waals surface area (Å²) in [5.41, 5.74) is 2.87. The van der Waals surface area contributed by atoms with Crippen molar-refractivity contribution in [2.45, 2.75) is 96.8 Å². The Labute approximate surface area is 198 Å². The van der Waals surface area contributed by atoms with Crippen molar-refractivity contribution in [2.75, 3.05) is 0 Å². The number of rotatable bonds is 8. The van der Waals surface area contributed by atoms with Crippen molar-refractivity contribution >= 4 is 0 Å². The smallest absolute Gasteiger partial charge is 0.194 e. The Kier molecular flexibility index (Phi) is 8.20. The first-order valence-electron chi connectivity index (χ1n) is 13.2. The highest BCUT2D eigenvalue weighted by Crippen LogP contribution is 2.52. The molecule has 0 unspecified atom stereocenters. The number of hydrogen-bond donors (Lipinski definition) is 0. The van der Waals surface area contributed by atoms with E-state index in [0.29, 0.717) is 11.0 Å². The van der Waals surface area contributed by atoms with Crippen LogP contribution >= 0.6 is 0 Å². The van der Waals surface area contributed by atoms with Crippen LogP contribution in [0.5, 0.6) is 0 Å². The normalized spacial score (nSPS) is 24.2. The molecule has 180 valence electrons. The fraction of sp³-hybridized carbons (Fsp3) is 0.600. The van der Waals surface area contributed by atoms with Gasteiger partial charge in [-0.15, -0.1) is 0 Å². The standard InChI is InChI=1S/C30H39F3/c1-2-3-7-22-14-17-30(18-15-22,26-8-5-4-6-9-26)19-16-23-10-12-24(13-11-23)25-20-27(31)29(33)28(32)21-25/h10-13,20-22,26H,2-9,14-19H2,1H3/t22-,30-. The molecule has 4 rings (SSSR count). The van der Waals surface area contributed by atoms with Crippen LogP contribution in [0.15, 0.2) is 36.4 Å². The third kappa shape index (κ3) is 5.84. The van der Waals surface area contributed by atoms with Crippen molar-refractivity contribution in [1.29, 1.82) is 0 Å². The van der Waals surface area contributed by atoms with Crippen LogP contribution in [0.25, 0.3) is 11.1 Å². The molecule has 0 spiro atoms. The minimum Gasteiger partial charge on any atom is -0.204 e. The SMILES string of the molecule is CCCC[C@H]1CC[C@](CCc2ccc(-c3cc(F)c(F)c(F)c3)cc2)(C2CCCCC2)CC1. The van der Waals surface area contributed by atoms with Crippen molar-refractivity contribution < 1.29 is 13.2 Å². The molecule has 0 aromatic heterocycles. The first kappa shape index (κ1) is 24.4. The first-order valence-corrected chi connectivity index (χ1v) is 13.2. The van der Waals surface area contributed by atoms with Gasteiger partial charge >= 0.3 is 0 Å². The van der Waals surface area contributed by atoms with Crippen LogP contribution in [0.3, 0.4) is 0 Å². The summed E-state index contributed by atoms with van der Waals surface area (Å²) in [7, 11) is 0. The van der Waals surface area contributed by atoms with E-state index in [4.69, 9.17) is 0 Å². The van der Waals surface area contributed by atoms with E-state index in [2.05, 4.69) is 19.1 Å². The third-order valence-electron chi connectivity index (χ3n) is 8.72. The molecule has 33 heavy (non-hydrogen) atoms. The van der Waals surface area contributed by atoms with Crippen molar-refractivity contribution in [1.82, 2.24) is 0 Å². The zero-order valence-electron chi connectivity index (χ0n) is 20.2. The number of unbranched alkanes of at least 4 members (excludes halogenated alkanes) is 1. The van der Waals surface area contributed by atoms with Crippen LogP contribution in [0, 0.1) is 34.7 Å². The molecule has 0 amide bonds. The Hall–Kier alpha value is -1.77. The highest BCUT2D eigenvalue weighted by Gasteiger charge is 2.41. The molecule has 2 aliphatic rings. The molecular formula is C30H39F3. The van der Waals surface area contributed by atoms with Crippen molar-refractivity contribution in [3.8, 4) is 11.1 Å². The average molecular weight is 457 g/mol. The molecule has 0 nitrogen and oxygen atoms in total. The van der Waals surface area contributed by atoms with Gasteiger partial charge in [0.05, 0.1) is 0 Å². The first-order chi connectivity index (χ1) is 16.0. The van der Waals surface area contributed by atoms with E-state index in [1.165, 1.54) is 89.0 Å². The molecule has 2 fully saturated rings. The van der Waals surface area contributed by atoms with Crippen LogP contribution in [0.1, 0.15) is 96.0 Å². The number of aryl methyl sites for hydroxylation is 1. The summed E-state index contributed by atoms with van der Waals surface area (Å²) in [5, 5.41) is 0. The lowest BCUT2D eigenvalue weighted by Gasteiger charge is -2.48. The van der Waals surface area contributed by atoms with Crippen LogP contribution in [0.4, 0.5) is 13.2 Å². The molecule has 0 bridgehead atoms. The highest BCUT2D eigenvalue weighted by molar-refractivity contribution is 5.63. The fourth-order valence-corrected chi connectivity index (χ4v) is 6.59. The maximum Gasteiger partial charge on any atom is 0.194 e. The second-order valence-electron chi connectivity index (χ2n) is 10.7. The number of benzene rings is 2. The summed E-state index contributed by atoms with van der Waals surface area (Å²) in [6.45, 7) is 2.30. The van der Waals surface area contributed by atoms with Crippen LogP contribution in [-0.2, 0) is 6.42 Å². The van der Waals surface area contributed by atoms with E-state index in [9.17, 15) is 13.2 Å². The predicted molar refractivity (Wildman–Crippen MR) is 131 cm³/mol. The van der Waals surface area contributed by atoms with Gasteiger partial charge in [0.1, 0.15) is 0 Å². The summed E-state index contributed by atoms with van der Waals surface area (Å²) in [4.78, 5) is 0. The minimum atomic E-state index is -1.41. The molecule has 2 aromatic rings. The molecule has 0 heterocycles. The predicted octanol–water partition coefficient (Wildman–Crippen LogP) is 9.65. The molecule has 0 radical (unpaired) electrons. The summed E-state index contributed by atoms with van der Waals surface area (Å²) >= 11 is 0. The topological polar surface area (TPSA) is 0 Å². The van der Waals surface area contributed by atoms with Gasteiger partial charge in [-0.05, 0) is 97.4 Å². The lowest BCUT2D eigenvalue weighted by Crippen LogP contribution is -2.36. The molecule has 0 aliphatic heterocycles. The minimum absolute atomic E-state index is 0.377. The molecular weight excluding hydrogens is 417 g/mol. The molecule has 2 saturated carbocycles. The lowest BCUT2D eigenvalue weighted by atomic mass is 9.58. The molecule has 2 aromatic carbocycles. The Balaban J connectivity index is 1.43. The van der Waals surface area contributed by atoms with Gasteiger partial charge in [-0.25, -0.2) is 13.2 Å². The average Bonchev–Trinajstić information content (AvgIpc) is 2.86. The Morgan fingerprint density at radius 3 is 2.06 bits per heavy atom. The van der Waals surface area contributed by atoms with Gasteiger partial charge in [0.25, 0.3) is 0 Å². The van der Waals surface area contributed by atoms with Gasteiger partial charge in [0.15, 0.2) is 17.5 Å². The van der Waals surface area contributed by atoms with Crippen molar-refractivity contribution in [3.05, 3.63) is 59.4 Å².